The van der Waals surface area contributed by atoms with Crippen molar-refractivity contribution in [1.82, 2.24) is 10.2 Å². The van der Waals surface area contributed by atoms with Gasteiger partial charge in [0.1, 0.15) is 6.07 Å². The number of nitrogens with two attached hydrogens (primary N) is 1. The monoisotopic (exact) mass is 246 g/mol. The standard InChI is InChI=1S/C11H10N4OS/c1-7-14-15-11(16-7)17-10-3-2-8(5-12)4-9(10)6-13/h2-4H,5,12H2,1H3. The Morgan fingerprint density at radius 3 is 2.88 bits per heavy atom. The molecule has 0 spiro atoms. The molecule has 0 unspecified atom stereocenters. The van der Waals surface area contributed by atoms with Crippen molar-refractivity contribution in [1.29, 1.82) is 5.26 Å². The molecule has 0 saturated heterocycles. The quantitative estimate of drug-likeness (QED) is 0.889. The molecule has 1 aromatic carbocycles. The van der Waals surface area contributed by atoms with Gasteiger partial charge in [0, 0.05) is 18.4 Å². The first-order chi connectivity index (χ1) is 8.22. The van der Waals surface area contributed by atoms with Gasteiger partial charge in [-0.25, -0.2) is 0 Å². The van der Waals surface area contributed by atoms with E-state index in [1.165, 1.54) is 11.8 Å². The number of benzene rings is 1. The van der Waals surface area contributed by atoms with Gasteiger partial charge in [0.25, 0.3) is 5.22 Å². The van der Waals surface area contributed by atoms with Crippen LogP contribution in [0.25, 0.3) is 0 Å². The summed E-state index contributed by atoms with van der Waals surface area (Å²) in [5.74, 6) is 0.504. The molecule has 0 fully saturated rings. The molecule has 6 heteroatoms. The molecule has 0 saturated carbocycles. The van der Waals surface area contributed by atoms with Gasteiger partial charge in [0.05, 0.1) is 5.56 Å². The predicted octanol–water partition coefficient (Wildman–Crippen LogP) is 1.86. The summed E-state index contributed by atoms with van der Waals surface area (Å²) in [6.45, 7) is 2.14. The van der Waals surface area contributed by atoms with Crippen LogP contribution in [0.5, 0.6) is 0 Å². The smallest absolute Gasteiger partial charge is 0.281 e. The van der Waals surface area contributed by atoms with Crippen LogP contribution in [0, 0.1) is 18.3 Å². The van der Waals surface area contributed by atoms with Crippen LogP contribution in [-0.2, 0) is 6.54 Å². The van der Waals surface area contributed by atoms with E-state index >= 15 is 0 Å². The van der Waals surface area contributed by atoms with E-state index in [9.17, 15) is 0 Å². The average molecular weight is 246 g/mol. The number of nitriles is 1. The van der Waals surface area contributed by atoms with Gasteiger partial charge in [-0.2, -0.15) is 5.26 Å². The first kappa shape index (κ1) is 11.6. The Hall–Kier alpha value is -1.84. The van der Waals surface area contributed by atoms with Gasteiger partial charge in [-0.15, -0.1) is 10.2 Å². The van der Waals surface area contributed by atoms with Crippen LogP contribution in [0.1, 0.15) is 17.0 Å². The molecule has 5 nitrogen and oxygen atoms in total. The van der Waals surface area contributed by atoms with Crippen LogP contribution in [0.3, 0.4) is 0 Å². The van der Waals surface area contributed by atoms with Crippen LogP contribution in [-0.4, -0.2) is 10.2 Å². The zero-order valence-corrected chi connectivity index (χ0v) is 9.99. The minimum absolute atomic E-state index is 0.416. The van der Waals surface area contributed by atoms with Crippen molar-refractivity contribution in [3.8, 4) is 6.07 Å². The summed E-state index contributed by atoms with van der Waals surface area (Å²) in [6, 6.07) is 7.62. The van der Waals surface area contributed by atoms with Gasteiger partial charge in [-0.05, 0) is 29.5 Å². The van der Waals surface area contributed by atoms with E-state index in [4.69, 9.17) is 15.4 Å². The Bertz CT molecular complexity index is 573. The Kier molecular flexibility index (Phi) is 3.42. The molecule has 1 heterocycles. The van der Waals surface area contributed by atoms with E-state index in [2.05, 4.69) is 16.3 Å². The maximum atomic E-state index is 9.05. The van der Waals surface area contributed by atoms with Gasteiger partial charge in [0.15, 0.2) is 0 Å². The number of aryl methyl sites for hydroxylation is 1. The molecule has 86 valence electrons. The van der Waals surface area contributed by atoms with Gasteiger partial charge in [-0.3, -0.25) is 0 Å². The molecular weight excluding hydrogens is 236 g/mol. The molecule has 2 rings (SSSR count). The highest BCUT2D eigenvalue weighted by atomic mass is 32.2. The first-order valence-corrected chi connectivity index (χ1v) is 5.75. The molecule has 2 N–H and O–H groups in total. The molecule has 0 radical (unpaired) electrons. The second-order valence-corrected chi connectivity index (χ2v) is 4.33. The van der Waals surface area contributed by atoms with Crippen LogP contribution in [0.15, 0.2) is 32.7 Å². The lowest BCUT2D eigenvalue weighted by Gasteiger charge is -2.02. The summed E-state index contributed by atoms with van der Waals surface area (Å²) in [6.07, 6.45) is 0. The number of hydrogen-bond acceptors (Lipinski definition) is 6. The van der Waals surface area contributed by atoms with Crippen LogP contribution in [0.4, 0.5) is 0 Å². The maximum absolute atomic E-state index is 9.05. The van der Waals surface area contributed by atoms with Gasteiger partial charge >= 0.3 is 0 Å². The second-order valence-electron chi connectivity index (χ2n) is 3.34. The molecule has 0 aliphatic rings. The Morgan fingerprint density at radius 1 is 1.47 bits per heavy atom. The maximum Gasteiger partial charge on any atom is 0.281 e. The number of aromatic nitrogens is 2. The zero-order chi connectivity index (χ0) is 12.3. The van der Waals surface area contributed by atoms with E-state index in [1.807, 2.05) is 12.1 Å². The minimum Gasteiger partial charge on any atom is -0.416 e. The normalized spacial score (nSPS) is 10.2. The summed E-state index contributed by atoms with van der Waals surface area (Å²) < 4.78 is 5.25. The Morgan fingerprint density at radius 2 is 2.29 bits per heavy atom. The number of hydrogen-bond donors (Lipinski definition) is 1. The van der Waals surface area contributed by atoms with Crippen LogP contribution in [0.2, 0.25) is 0 Å². The molecule has 2 aromatic rings. The fraction of sp³-hybridized carbons (Fsp3) is 0.182. The van der Waals surface area contributed by atoms with Crippen molar-refractivity contribution in [3.05, 3.63) is 35.2 Å². The summed E-state index contributed by atoms with van der Waals surface area (Å²) in [7, 11) is 0. The van der Waals surface area contributed by atoms with Gasteiger partial charge in [-0.1, -0.05) is 6.07 Å². The van der Waals surface area contributed by atoms with E-state index in [1.54, 1.807) is 13.0 Å². The largest absolute Gasteiger partial charge is 0.416 e. The fourth-order valence-corrected chi connectivity index (χ4v) is 2.08. The highest BCUT2D eigenvalue weighted by Gasteiger charge is 2.09. The Labute approximate surface area is 103 Å². The first-order valence-electron chi connectivity index (χ1n) is 4.94. The molecule has 17 heavy (non-hydrogen) atoms. The topological polar surface area (TPSA) is 88.7 Å². The lowest BCUT2D eigenvalue weighted by Crippen LogP contribution is -1.96. The van der Waals surface area contributed by atoms with Crippen molar-refractivity contribution < 1.29 is 4.42 Å². The van der Waals surface area contributed by atoms with Crippen LogP contribution >= 0.6 is 11.8 Å². The summed E-state index contributed by atoms with van der Waals surface area (Å²) in [4.78, 5) is 0.786. The summed E-state index contributed by atoms with van der Waals surface area (Å²) in [5.41, 5.74) is 7.01. The molecule has 0 atom stereocenters. The van der Waals surface area contributed by atoms with Crippen molar-refractivity contribution in [2.45, 2.75) is 23.6 Å². The molecule has 0 bridgehead atoms. The number of nitrogens with zero attached hydrogens (tertiary/aromatic N) is 3. The summed E-state index contributed by atoms with van der Waals surface area (Å²) >= 11 is 1.28. The van der Waals surface area contributed by atoms with Crippen molar-refractivity contribution in [2.75, 3.05) is 0 Å². The highest BCUT2D eigenvalue weighted by Crippen LogP contribution is 2.29. The molecule has 1 aromatic heterocycles. The fourth-order valence-electron chi connectivity index (χ4n) is 1.29. The summed E-state index contributed by atoms with van der Waals surface area (Å²) in [5, 5.41) is 17.1. The molecule has 0 aliphatic carbocycles. The van der Waals surface area contributed by atoms with Crippen molar-refractivity contribution in [2.24, 2.45) is 5.73 Å². The third kappa shape index (κ3) is 2.64. The lowest BCUT2D eigenvalue weighted by molar-refractivity contribution is 0.429. The van der Waals surface area contributed by atoms with E-state index in [-0.39, 0.29) is 0 Å². The number of rotatable bonds is 3. The molecule has 0 aliphatic heterocycles. The second kappa shape index (κ2) is 4.99. The Balaban J connectivity index is 2.30. The third-order valence-corrected chi connectivity index (χ3v) is 3.02. The highest BCUT2D eigenvalue weighted by molar-refractivity contribution is 7.99. The minimum atomic E-state index is 0.416. The van der Waals surface area contributed by atoms with Crippen molar-refractivity contribution >= 4 is 11.8 Å². The average Bonchev–Trinajstić information content (AvgIpc) is 2.75. The SMILES string of the molecule is Cc1nnc(Sc2ccc(CN)cc2C#N)o1. The predicted molar refractivity (Wildman–Crippen MR) is 62.2 cm³/mol. The van der Waals surface area contributed by atoms with E-state index in [0.717, 1.165) is 10.5 Å². The van der Waals surface area contributed by atoms with Crippen LogP contribution < -0.4 is 5.73 Å². The van der Waals surface area contributed by atoms with Gasteiger partial charge in [0.2, 0.25) is 5.89 Å². The molecular formula is C11H10N4OS. The lowest BCUT2D eigenvalue weighted by atomic mass is 10.1. The van der Waals surface area contributed by atoms with Crippen molar-refractivity contribution in [3.63, 3.8) is 0 Å². The van der Waals surface area contributed by atoms with E-state index in [0.29, 0.717) is 23.2 Å². The third-order valence-electron chi connectivity index (χ3n) is 2.10. The van der Waals surface area contributed by atoms with E-state index < -0.39 is 0 Å². The zero-order valence-electron chi connectivity index (χ0n) is 9.17. The molecule has 0 amide bonds. The van der Waals surface area contributed by atoms with Gasteiger partial charge < -0.3 is 10.2 Å².